The van der Waals surface area contributed by atoms with E-state index in [0.717, 1.165) is 27.5 Å². The van der Waals surface area contributed by atoms with Crippen molar-refractivity contribution in [3.8, 4) is 21.8 Å². The van der Waals surface area contributed by atoms with Gasteiger partial charge in [0.15, 0.2) is 0 Å². The number of amides is 1. The first-order valence-corrected chi connectivity index (χ1v) is 10.4. The van der Waals surface area contributed by atoms with Gasteiger partial charge >= 0.3 is 0 Å². The molecule has 1 saturated carbocycles. The predicted octanol–water partition coefficient (Wildman–Crippen LogP) is 5.78. The van der Waals surface area contributed by atoms with E-state index >= 15 is 0 Å². The molecule has 1 aromatic carbocycles. The van der Waals surface area contributed by atoms with E-state index in [1.165, 1.54) is 32.1 Å². The van der Waals surface area contributed by atoms with Crippen molar-refractivity contribution in [2.75, 3.05) is 5.32 Å². The number of aromatic nitrogens is 2. The molecule has 0 spiro atoms. The van der Waals surface area contributed by atoms with Gasteiger partial charge in [-0.3, -0.25) is 9.78 Å². The molecular weight excluding hydrogens is 354 g/mol. The van der Waals surface area contributed by atoms with Crippen LogP contribution in [0.25, 0.3) is 21.8 Å². The molecular formula is C22H23N3OS. The third kappa shape index (κ3) is 4.61. The van der Waals surface area contributed by atoms with Crippen LogP contribution in [0.3, 0.4) is 0 Å². The molecule has 138 valence electrons. The fourth-order valence-electron chi connectivity index (χ4n) is 3.66. The number of benzene rings is 1. The summed E-state index contributed by atoms with van der Waals surface area (Å²) in [6.45, 7) is 0. The summed E-state index contributed by atoms with van der Waals surface area (Å²) < 4.78 is 0. The minimum Gasteiger partial charge on any atom is -0.326 e. The predicted molar refractivity (Wildman–Crippen MR) is 111 cm³/mol. The Morgan fingerprint density at radius 3 is 2.70 bits per heavy atom. The zero-order valence-electron chi connectivity index (χ0n) is 15.2. The van der Waals surface area contributed by atoms with Crippen LogP contribution in [0.2, 0.25) is 0 Å². The Balaban J connectivity index is 1.44. The number of thiazole rings is 1. The lowest BCUT2D eigenvalue weighted by molar-refractivity contribution is -0.117. The first kappa shape index (κ1) is 17.9. The van der Waals surface area contributed by atoms with Crippen molar-refractivity contribution in [1.82, 2.24) is 9.97 Å². The second-order valence-electron chi connectivity index (χ2n) is 7.11. The molecule has 3 aromatic rings. The highest BCUT2D eigenvalue weighted by molar-refractivity contribution is 7.13. The van der Waals surface area contributed by atoms with E-state index in [9.17, 15) is 4.79 Å². The van der Waals surface area contributed by atoms with E-state index in [2.05, 4.69) is 15.7 Å². The average Bonchev–Trinajstić information content (AvgIpc) is 3.20. The van der Waals surface area contributed by atoms with E-state index in [0.29, 0.717) is 12.3 Å². The molecule has 2 heterocycles. The molecule has 0 bridgehead atoms. The summed E-state index contributed by atoms with van der Waals surface area (Å²) in [7, 11) is 0. The van der Waals surface area contributed by atoms with E-state index < -0.39 is 0 Å². The molecule has 0 atom stereocenters. The SMILES string of the molecule is O=C(CC1CCCCC1)Nc1cccc(-c2csc(-c3ccncc3)n2)c1. The largest absolute Gasteiger partial charge is 0.326 e. The number of pyridine rings is 1. The van der Waals surface area contributed by atoms with E-state index in [1.54, 1.807) is 23.7 Å². The summed E-state index contributed by atoms with van der Waals surface area (Å²) in [6, 6.07) is 11.9. The van der Waals surface area contributed by atoms with Crippen LogP contribution in [-0.4, -0.2) is 15.9 Å². The normalized spacial score (nSPS) is 14.8. The summed E-state index contributed by atoms with van der Waals surface area (Å²) in [5.41, 5.74) is 3.85. The molecule has 2 aromatic heterocycles. The van der Waals surface area contributed by atoms with Crippen molar-refractivity contribution < 1.29 is 4.79 Å². The van der Waals surface area contributed by atoms with Crippen molar-refractivity contribution in [3.63, 3.8) is 0 Å². The maximum absolute atomic E-state index is 12.4. The minimum absolute atomic E-state index is 0.120. The van der Waals surface area contributed by atoms with Crippen LogP contribution < -0.4 is 5.32 Å². The molecule has 1 aliphatic rings. The van der Waals surface area contributed by atoms with Crippen molar-refractivity contribution in [2.45, 2.75) is 38.5 Å². The lowest BCUT2D eigenvalue weighted by atomic mass is 9.87. The molecule has 1 amide bonds. The summed E-state index contributed by atoms with van der Waals surface area (Å²) in [5.74, 6) is 0.665. The number of carbonyl (C=O) groups excluding carboxylic acids is 1. The highest BCUT2D eigenvalue weighted by Crippen LogP contribution is 2.30. The molecule has 1 aliphatic carbocycles. The van der Waals surface area contributed by atoms with Gasteiger partial charge in [-0.1, -0.05) is 31.4 Å². The van der Waals surface area contributed by atoms with Gasteiger partial charge in [-0.05, 0) is 43.0 Å². The molecule has 4 rings (SSSR count). The number of nitrogens with zero attached hydrogens (tertiary/aromatic N) is 2. The lowest BCUT2D eigenvalue weighted by Crippen LogP contribution is -2.18. The van der Waals surface area contributed by atoms with Crippen LogP contribution in [0.4, 0.5) is 5.69 Å². The monoisotopic (exact) mass is 377 g/mol. The van der Waals surface area contributed by atoms with Gasteiger partial charge in [-0.25, -0.2) is 4.98 Å². The molecule has 4 nitrogen and oxygen atoms in total. The van der Waals surface area contributed by atoms with Crippen molar-refractivity contribution >= 4 is 22.9 Å². The van der Waals surface area contributed by atoms with Crippen LogP contribution in [0.1, 0.15) is 38.5 Å². The first-order valence-electron chi connectivity index (χ1n) is 9.54. The average molecular weight is 378 g/mol. The van der Waals surface area contributed by atoms with E-state index in [-0.39, 0.29) is 5.91 Å². The smallest absolute Gasteiger partial charge is 0.224 e. The Bertz CT molecular complexity index is 901. The van der Waals surface area contributed by atoms with Crippen LogP contribution in [0.5, 0.6) is 0 Å². The molecule has 1 fully saturated rings. The maximum atomic E-state index is 12.4. The molecule has 0 saturated heterocycles. The Morgan fingerprint density at radius 2 is 1.89 bits per heavy atom. The number of rotatable bonds is 5. The zero-order valence-corrected chi connectivity index (χ0v) is 16.0. The molecule has 1 N–H and O–H groups in total. The van der Waals surface area contributed by atoms with Gasteiger partial charge in [-0.2, -0.15) is 0 Å². The zero-order chi connectivity index (χ0) is 18.5. The number of hydrogen-bond acceptors (Lipinski definition) is 4. The molecule has 0 radical (unpaired) electrons. The van der Waals surface area contributed by atoms with Crippen LogP contribution in [0.15, 0.2) is 54.2 Å². The second-order valence-corrected chi connectivity index (χ2v) is 7.97. The Hall–Kier alpha value is -2.53. The van der Waals surface area contributed by atoms with Crippen LogP contribution in [0, 0.1) is 5.92 Å². The standard InChI is InChI=1S/C22H23N3OS/c26-21(13-16-5-2-1-3-6-16)24-19-8-4-7-18(14-19)20-15-27-22(25-20)17-9-11-23-12-10-17/h4,7-12,14-16H,1-3,5-6,13H2,(H,24,26). The lowest BCUT2D eigenvalue weighted by Gasteiger charge is -2.20. The number of anilines is 1. The summed E-state index contributed by atoms with van der Waals surface area (Å²) >= 11 is 1.61. The summed E-state index contributed by atoms with van der Waals surface area (Å²) in [5, 5.41) is 6.09. The van der Waals surface area contributed by atoms with Gasteiger partial charge in [0.05, 0.1) is 5.69 Å². The molecule has 0 aliphatic heterocycles. The highest BCUT2D eigenvalue weighted by Gasteiger charge is 2.17. The van der Waals surface area contributed by atoms with Crippen molar-refractivity contribution in [1.29, 1.82) is 0 Å². The molecule has 5 heteroatoms. The van der Waals surface area contributed by atoms with Gasteiger partial charge in [0.25, 0.3) is 0 Å². The third-order valence-corrected chi connectivity index (χ3v) is 5.96. The second kappa shape index (κ2) is 8.44. The van der Waals surface area contributed by atoms with Gasteiger partial charge in [0.2, 0.25) is 5.91 Å². The maximum Gasteiger partial charge on any atom is 0.224 e. The fraction of sp³-hybridized carbons (Fsp3) is 0.318. The van der Waals surface area contributed by atoms with Gasteiger partial charge in [-0.15, -0.1) is 11.3 Å². The van der Waals surface area contributed by atoms with Gasteiger partial charge in [0.1, 0.15) is 5.01 Å². The molecule has 27 heavy (non-hydrogen) atoms. The Labute approximate surface area is 163 Å². The van der Waals surface area contributed by atoms with E-state index in [1.807, 2.05) is 36.4 Å². The quantitative estimate of drug-likeness (QED) is 0.613. The Kier molecular flexibility index (Phi) is 5.58. The molecule has 0 unspecified atom stereocenters. The summed E-state index contributed by atoms with van der Waals surface area (Å²) in [6.07, 6.45) is 10.4. The summed E-state index contributed by atoms with van der Waals surface area (Å²) in [4.78, 5) is 21.2. The van der Waals surface area contributed by atoms with Crippen molar-refractivity contribution in [2.24, 2.45) is 5.92 Å². The number of hydrogen-bond donors (Lipinski definition) is 1. The van der Waals surface area contributed by atoms with Crippen LogP contribution in [-0.2, 0) is 4.79 Å². The third-order valence-electron chi connectivity index (χ3n) is 5.07. The van der Waals surface area contributed by atoms with Gasteiger partial charge < -0.3 is 5.32 Å². The number of carbonyl (C=O) groups is 1. The minimum atomic E-state index is 0.120. The first-order chi connectivity index (χ1) is 13.3. The Morgan fingerprint density at radius 1 is 1.07 bits per heavy atom. The van der Waals surface area contributed by atoms with E-state index in [4.69, 9.17) is 4.98 Å². The van der Waals surface area contributed by atoms with Crippen molar-refractivity contribution in [3.05, 3.63) is 54.2 Å². The highest BCUT2D eigenvalue weighted by atomic mass is 32.1. The van der Waals surface area contributed by atoms with Gasteiger partial charge in [0, 0.05) is 41.0 Å². The topological polar surface area (TPSA) is 54.9 Å². The number of nitrogens with one attached hydrogen (secondary N) is 1. The fourth-order valence-corrected chi connectivity index (χ4v) is 4.49. The van der Waals surface area contributed by atoms with Crippen LogP contribution >= 0.6 is 11.3 Å².